The number of anilines is 3. The van der Waals surface area contributed by atoms with Crippen LogP contribution in [0.15, 0.2) is 84.9 Å². The third-order valence-electron chi connectivity index (χ3n) is 7.89. The van der Waals surface area contributed by atoms with Crippen molar-refractivity contribution in [1.82, 2.24) is 9.78 Å². The smallest absolute Gasteiger partial charge is 0.324 e. The molecule has 0 unspecified atom stereocenters. The van der Waals surface area contributed by atoms with Gasteiger partial charge in [0.2, 0.25) is 5.91 Å². The Bertz CT molecular complexity index is 1880. The highest BCUT2D eigenvalue weighted by Crippen LogP contribution is 2.33. The van der Waals surface area contributed by atoms with E-state index in [2.05, 4.69) is 43.6 Å². The summed E-state index contributed by atoms with van der Waals surface area (Å²) < 4.78 is 8.08. The first kappa shape index (κ1) is 33.6. The molecule has 8 nitrogen and oxygen atoms in total. The van der Waals surface area contributed by atoms with E-state index >= 15 is 0 Å². The highest BCUT2D eigenvalue weighted by Gasteiger charge is 2.22. The van der Waals surface area contributed by atoms with Gasteiger partial charge in [-0.3, -0.25) is 10.1 Å². The van der Waals surface area contributed by atoms with Crippen LogP contribution in [0, 0.1) is 6.92 Å². The van der Waals surface area contributed by atoms with Crippen molar-refractivity contribution in [3.8, 4) is 11.4 Å². The Morgan fingerprint density at radius 1 is 0.872 bits per heavy atom. The lowest BCUT2D eigenvalue weighted by Crippen LogP contribution is -2.21. The summed E-state index contributed by atoms with van der Waals surface area (Å²) in [6.45, 7) is 10.7. The number of carbonyl (C=O) groups is 2. The molecule has 0 saturated heterocycles. The SMILES string of the molecule is CCc1ccc(COc2ccc(NC(=O)Nc3cc(C(C)(C)C)nn3-c3ccc(C)cc3)c3ccccc23)cc1NC(=O)CCSC. The molecule has 9 heteroatoms. The molecule has 0 aliphatic carbocycles. The molecule has 1 heterocycles. The number of rotatable bonds is 11. The Morgan fingerprint density at radius 3 is 2.32 bits per heavy atom. The van der Waals surface area contributed by atoms with Crippen LogP contribution in [-0.2, 0) is 23.2 Å². The van der Waals surface area contributed by atoms with E-state index in [1.807, 2.05) is 98.1 Å². The Hall–Kier alpha value is -4.76. The number of nitrogens with one attached hydrogen (secondary N) is 3. The number of fused-ring (bicyclic) bond motifs is 1. The summed E-state index contributed by atoms with van der Waals surface area (Å²) in [5.41, 5.74) is 6.20. The first-order chi connectivity index (χ1) is 22.5. The number of nitrogens with zero attached hydrogens (tertiary/aromatic N) is 2. The molecule has 0 aliphatic rings. The van der Waals surface area contributed by atoms with E-state index in [-0.39, 0.29) is 17.4 Å². The summed E-state index contributed by atoms with van der Waals surface area (Å²) >= 11 is 1.65. The molecule has 0 saturated carbocycles. The Balaban J connectivity index is 1.34. The molecule has 0 atom stereocenters. The third kappa shape index (κ3) is 8.34. The zero-order valence-electron chi connectivity index (χ0n) is 27.9. The summed E-state index contributed by atoms with van der Waals surface area (Å²) in [5, 5.41) is 15.7. The highest BCUT2D eigenvalue weighted by molar-refractivity contribution is 7.98. The molecule has 244 valence electrons. The van der Waals surface area contributed by atoms with Crippen LogP contribution in [0.3, 0.4) is 0 Å². The van der Waals surface area contributed by atoms with Crippen molar-refractivity contribution in [3.63, 3.8) is 0 Å². The zero-order chi connectivity index (χ0) is 33.6. The first-order valence-electron chi connectivity index (χ1n) is 15.9. The van der Waals surface area contributed by atoms with Crippen LogP contribution in [0.5, 0.6) is 5.75 Å². The van der Waals surface area contributed by atoms with E-state index in [4.69, 9.17) is 9.84 Å². The number of thioether (sulfide) groups is 1. The predicted octanol–water partition coefficient (Wildman–Crippen LogP) is 9.11. The molecule has 0 bridgehead atoms. The van der Waals surface area contributed by atoms with Crippen molar-refractivity contribution in [3.05, 3.63) is 107 Å². The number of ether oxygens (including phenoxy) is 1. The maximum absolute atomic E-state index is 13.4. The largest absolute Gasteiger partial charge is 0.488 e. The van der Waals surface area contributed by atoms with E-state index in [1.54, 1.807) is 16.4 Å². The van der Waals surface area contributed by atoms with Crippen LogP contribution in [0.4, 0.5) is 22.0 Å². The summed E-state index contributed by atoms with van der Waals surface area (Å²) in [6.07, 6.45) is 3.29. The monoisotopic (exact) mass is 649 g/mol. The average Bonchev–Trinajstić information content (AvgIpc) is 3.48. The van der Waals surface area contributed by atoms with Gasteiger partial charge in [-0.1, -0.05) is 81.8 Å². The summed E-state index contributed by atoms with van der Waals surface area (Å²) in [4.78, 5) is 25.8. The van der Waals surface area contributed by atoms with E-state index in [9.17, 15) is 9.59 Å². The summed E-state index contributed by atoms with van der Waals surface area (Å²) in [6, 6.07) is 27.2. The molecule has 0 fully saturated rings. The van der Waals surface area contributed by atoms with Crippen LogP contribution >= 0.6 is 11.8 Å². The first-order valence-corrected chi connectivity index (χ1v) is 17.3. The number of urea groups is 1. The topological polar surface area (TPSA) is 97.3 Å². The van der Waals surface area contributed by atoms with Gasteiger partial charge < -0.3 is 15.4 Å². The van der Waals surface area contributed by atoms with Gasteiger partial charge in [-0.2, -0.15) is 16.9 Å². The van der Waals surface area contributed by atoms with Crippen molar-refractivity contribution in [1.29, 1.82) is 0 Å². The molecule has 47 heavy (non-hydrogen) atoms. The Kier molecular flexibility index (Phi) is 10.6. The fraction of sp³-hybridized carbons (Fsp3) is 0.289. The van der Waals surface area contributed by atoms with Crippen molar-refractivity contribution in [2.45, 2.75) is 59.5 Å². The maximum atomic E-state index is 13.4. The van der Waals surface area contributed by atoms with Gasteiger partial charge in [-0.05, 0) is 61.1 Å². The Labute approximate surface area is 281 Å². The van der Waals surface area contributed by atoms with Gasteiger partial charge in [-0.15, -0.1) is 0 Å². The van der Waals surface area contributed by atoms with E-state index in [0.29, 0.717) is 30.3 Å². The molecular formula is C38H43N5O3S. The maximum Gasteiger partial charge on any atom is 0.324 e. The van der Waals surface area contributed by atoms with E-state index < -0.39 is 0 Å². The van der Waals surface area contributed by atoms with Crippen LogP contribution in [0.25, 0.3) is 16.5 Å². The van der Waals surface area contributed by atoms with Crippen molar-refractivity contribution in [2.75, 3.05) is 28.0 Å². The fourth-order valence-electron chi connectivity index (χ4n) is 5.20. The quantitative estimate of drug-likeness (QED) is 0.133. The van der Waals surface area contributed by atoms with Crippen LogP contribution in [-0.4, -0.2) is 33.7 Å². The van der Waals surface area contributed by atoms with E-state index in [1.165, 1.54) is 0 Å². The predicted molar refractivity (Wildman–Crippen MR) is 195 cm³/mol. The number of hydrogen-bond acceptors (Lipinski definition) is 5. The second kappa shape index (κ2) is 14.8. The fourth-order valence-corrected chi connectivity index (χ4v) is 5.59. The van der Waals surface area contributed by atoms with Gasteiger partial charge in [0, 0.05) is 40.1 Å². The number of carbonyl (C=O) groups excluding carboxylic acids is 2. The van der Waals surface area contributed by atoms with Gasteiger partial charge in [0.25, 0.3) is 0 Å². The number of aromatic nitrogens is 2. The molecule has 5 rings (SSSR count). The second-order valence-corrected chi connectivity index (χ2v) is 13.6. The van der Waals surface area contributed by atoms with Crippen molar-refractivity contribution in [2.24, 2.45) is 0 Å². The number of amides is 3. The molecule has 1 aromatic heterocycles. The number of benzene rings is 4. The number of hydrogen-bond donors (Lipinski definition) is 3. The normalized spacial score (nSPS) is 11.4. The van der Waals surface area contributed by atoms with Gasteiger partial charge in [-0.25, -0.2) is 9.48 Å². The molecule has 4 aromatic carbocycles. The lowest BCUT2D eigenvalue weighted by molar-refractivity contribution is -0.115. The van der Waals surface area contributed by atoms with Gasteiger partial charge >= 0.3 is 6.03 Å². The van der Waals surface area contributed by atoms with Crippen molar-refractivity contribution < 1.29 is 14.3 Å². The molecular weight excluding hydrogens is 607 g/mol. The third-order valence-corrected chi connectivity index (χ3v) is 8.50. The van der Waals surface area contributed by atoms with Gasteiger partial charge in [0.1, 0.15) is 18.2 Å². The standard InChI is InChI=1S/C38H43N5O3S/c1-7-27-15-14-26(22-32(27)39-36(44)20-21-47-6)24-46-33-19-18-31(29-10-8-9-11-30(29)33)40-37(45)41-35-23-34(38(3,4)5)42-43(35)28-16-12-25(2)13-17-28/h8-19,22-23H,7,20-21,24H2,1-6H3,(H,39,44)(H2,40,41,45). The molecule has 0 aliphatic heterocycles. The number of aryl methyl sites for hydroxylation is 2. The van der Waals surface area contributed by atoms with Crippen LogP contribution in [0.2, 0.25) is 0 Å². The summed E-state index contributed by atoms with van der Waals surface area (Å²) in [5.74, 6) is 2.07. The van der Waals surface area contributed by atoms with Crippen LogP contribution < -0.4 is 20.7 Å². The summed E-state index contributed by atoms with van der Waals surface area (Å²) in [7, 11) is 0. The molecule has 5 aromatic rings. The van der Waals surface area contributed by atoms with Crippen molar-refractivity contribution >= 4 is 51.7 Å². The van der Waals surface area contributed by atoms with Gasteiger partial charge in [0.15, 0.2) is 0 Å². The average molecular weight is 650 g/mol. The lowest BCUT2D eigenvalue weighted by atomic mass is 9.92. The minimum Gasteiger partial charge on any atom is -0.488 e. The minimum absolute atomic E-state index is 0.0134. The molecule has 3 N–H and O–H groups in total. The minimum atomic E-state index is -0.374. The van der Waals surface area contributed by atoms with Crippen LogP contribution in [0.1, 0.15) is 56.5 Å². The molecule has 0 radical (unpaired) electrons. The van der Waals surface area contributed by atoms with Gasteiger partial charge in [0.05, 0.1) is 17.1 Å². The molecule has 3 amide bonds. The zero-order valence-corrected chi connectivity index (χ0v) is 28.8. The van der Waals surface area contributed by atoms with E-state index in [0.717, 1.165) is 56.7 Å². The second-order valence-electron chi connectivity index (χ2n) is 12.6. The lowest BCUT2D eigenvalue weighted by Gasteiger charge is -2.15. The molecule has 0 spiro atoms. The Morgan fingerprint density at radius 2 is 1.62 bits per heavy atom. The highest BCUT2D eigenvalue weighted by atomic mass is 32.2.